The normalized spacial score (nSPS) is 13.7. The first-order chi connectivity index (χ1) is 15.1. The van der Waals surface area contributed by atoms with E-state index in [1.165, 1.54) is 12.1 Å². The van der Waals surface area contributed by atoms with Crippen LogP contribution in [0, 0.1) is 13.8 Å². The van der Waals surface area contributed by atoms with Crippen LogP contribution < -0.4 is 0 Å². The molecular formula is C21H29O7PS4. The molecule has 2 aromatic carbocycles. The molecular weight excluding hydrogens is 523 g/mol. The van der Waals surface area contributed by atoms with Gasteiger partial charge in [0, 0.05) is 24.2 Å². The average Bonchev–Trinajstić information content (AvgIpc) is 2.68. The maximum Gasteiger partial charge on any atom is 0.294 e. The summed E-state index contributed by atoms with van der Waals surface area (Å²) in [5, 5.41) is 0. The van der Waals surface area contributed by atoms with E-state index in [1.54, 1.807) is 38.1 Å². The monoisotopic (exact) mass is 552 g/mol. The molecule has 0 saturated heterocycles. The molecule has 0 aromatic heterocycles. The van der Waals surface area contributed by atoms with Crippen molar-refractivity contribution in [2.45, 2.75) is 36.5 Å². The fraction of sp³-hybridized carbons (Fsp3) is 0.429. The first-order valence-electron chi connectivity index (χ1n) is 10.1. The summed E-state index contributed by atoms with van der Waals surface area (Å²) in [7, 11) is -12.1. The van der Waals surface area contributed by atoms with Crippen LogP contribution in [0.25, 0.3) is 0 Å². The molecule has 0 radical (unpaired) electrons. The fourth-order valence-electron chi connectivity index (χ4n) is 3.59. The lowest BCUT2D eigenvalue weighted by Crippen LogP contribution is -2.12. The standard InChI is InChI=1S/C21H29O7PS4/c1-16-4-6-20(32(23,24)25)18(14-16)8-10-29(22,12-13-31(3)30)11-9-19-15-17(2)5-7-21(19)33(26,27)28/h4-7,14-15H,8-13H2,1-3H3,(H,23,24,25)(H,26,27,28). The van der Waals surface area contributed by atoms with Gasteiger partial charge in [0.1, 0.15) is 0 Å². The Morgan fingerprint density at radius 1 is 0.818 bits per heavy atom. The first-order valence-corrected chi connectivity index (χ1v) is 18.0. The molecule has 2 aromatic rings. The topological polar surface area (TPSA) is 126 Å². The van der Waals surface area contributed by atoms with Gasteiger partial charge in [-0.3, -0.25) is 9.11 Å². The second-order valence-electron chi connectivity index (χ2n) is 8.18. The molecule has 1 atom stereocenters. The first kappa shape index (κ1) is 28.3. The van der Waals surface area contributed by atoms with Gasteiger partial charge in [0.25, 0.3) is 20.2 Å². The number of hydrogen-bond donors (Lipinski definition) is 2. The van der Waals surface area contributed by atoms with Gasteiger partial charge in [0.05, 0.1) is 16.9 Å². The van der Waals surface area contributed by atoms with E-state index in [2.05, 4.69) is 0 Å². The third-order valence-electron chi connectivity index (χ3n) is 5.35. The van der Waals surface area contributed by atoms with Crippen molar-refractivity contribution < 1.29 is 30.5 Å². The van der Waals surface area contributed by atoms with Crippen LogP contribution in [0.15, 0.2) is 46.2 Å². The van der Waals surface area contributed by atoms with Gasteiger partial charge in [0.15, 0.2) is 0 Å². The Morgan fingerprint density at radius 2 is 1.21 bits per heavy atom. The quantitative estimate of drug-likeness (QED) is 0.320. The Labute approximate surface area is 203 Å². The van der Waals surface area contributed by atoms with Gasteiger partial charge in [-0.05, 0) is 56.2 Å². The summed E-state index contributed by atoms with van der Waals surface area (Å²) in [6.07, 6.45) is 2.98. The van der Waals surface area contributed by atoms with Crippen LogP contribution >= 0.6 is 7.14 Å². The maximum absolute atomic E-state index is 13.9. The van der Waals surface area contributed by atoms with Gasteiger partial charge in [-0.15, -0.1) is 9.45 Å². The summed E-state index contributed by atoms with van der Waals surface area (Å²) in [6.45, 7) is 3.59. The van der Waals surface area contributed by atoms with Crippen molar-refractivity contribution in [3.63, 3.8) is 0 Å². The van der Waals surface area contributed by atoms with Crippen molar-refractivity contribution in [3.8, 4) is 0 Å². The second kappa shape index (κ2) is 11.2. The Hall–Kier alpha value is -0.940. The van der Waals surface area contributed by atoms with Crippen molar-refractivity contribution in [1.29, 1.82) is 0 Å². The molecule has 2 N–H and O–H groups in total. The van der Waals surface area contributed by atoms with Crippen LogP contribution in [0.2, 0.25) is 0 Å². The largest absolute Gasteiger partial charge is 0.324 e. The molecule has 0 spiro atoms. The minimum atomic E-state index is -4.43. The van der Waals surface area contributed by atoms with Gasteiger partial charge < -0.3 is 4.57 Å². The highest BCUT2D eigenvalue weighted by Gasteiger charge is 2.26. The van der Waals surface area contributed by atoms with Crippen molar-refractivity contribution in [2.24, 2.45) is 0 Å². The molecule has 0 heterocycles. The summed E-state index contributed by atoms with van der Waals surface area (Å²) >= 11 is 5.26. The predicted molar refractivity (Wildman–Crippen MR) is 137 cm³/mol. The minimum absolute atomic E-state index is 0.183. The molecule has 0 bridgehead atoms. The Kier molecular flexibility index (Phi) is 9.60. The van der Waals surface area contributed by atoms with Gasteiger partial charge in [-0.25, -0.2) is 0 Å². The van der Waals surface area contributed by atoms with Crippen LogP contribution in [0.4, 0.5) is 0 Å². The van der Waals surface area contributed by atoms with Gasteiger partial charge >= 0.3 is 0 Å². The molecule has 2 rings (SSSR count). The molecule has 0 aliphatic rings. The van der Waals surface area contributed by atoms with Gasteiger partial charge in [0.2, 0.25) is 0 Å². The molecule has 0 aliphatic heterocycles. The zero-order valence-corrected chi connectivity index (χ0v) is 22.9. The number of benzene rings is 2. The molecule has 0 fully saturated rings. The average molecular weight is 553 g/mol. The van der Waals surface area contributed by atoms with E-state index in [0.717, 1.165) is 11.1 Å². The van der Waals surface area contributed by atoms with Gasteiger partial charge in [-0.2, -0.15) is 16.8 Å². The zero-order valence-electron chi connectivity index (χ0n) is 18.7. The second-order valence-corrected chi connectivity index (χ2v) is 17.7. The van der Waals surface area contributed by atoms with E-state index < -0.39 is 27.4 Å². The zero-order chi connectivity index (χ0) is 25.0. The minimum Gasteiger partial charge on any atom is -0.324 e. The molecule has 0 amide bonds. The Morgan fingerprint density at radius 3 is 1.55 bits per heavy atom. The van der Waals surface area contributed by atoms with Crippen LogP contribution in [-0.2, 0) is 58.3 Å². The third kappa shape index (κ3) is 8.65. The summed E-state index contributed by atoms with van der Waals surface area (Å²) in [5.41, 5.74) is 2.40. The SMILES string of the molecule is Cc1ccc(S(=O)(=O)O)c(CCP(=O)(CCc2cc(C)ccc2S(=O)(=O)O)CCS(C)=S)c1. The molecule has 33 heavy (non-hydrogen) atoms. The van der Waals surface area contributed by atoms with Crippen molar-refractivity contribution in [3.05, 3.63) is 58.7 Å². The predicted octanol–water partition coefficient (Wildman–Crippen LogP) is 3.66. The van der Waals surface area contributed by atoms with Crippen LogP contribution in [-0.4, -0.2) is 56.4 Å². The lowest BCUT2D eigenvalue weighted by molar-refractivity contribution is 0.480. The Bertz CT molecular complexity index is 1210. The van der Waals surface area contributed by atoms with E-state index in [0.29, 0.717) is 23.0 Å². The molecule has 184 valence electrons. The molecule has 0 aliphatic carbocycles. The lowest BCUT2D eigenvalue weighted by Gasteiger charge is -2.20. The summed E-state index contributed by atoms with van der Waals surface area (Å²) in [5.74, 6) is 0.560. The number of rotatable bonds is 11. The third-order valence-corrected chi connectivity index (χ3v) is 12.0. The van der Waals surface area contributed by atoms with Crippen molar-refractivity contribution >= 4 is 48.0 Å². The van der Waals surface area contributed by atoms with Crippen LogP contribution in [0.5, 0.6) is 0 Å². The van der Waals surface area contributed by atoms with Gasteiger partial charge in [-0.1, -0.05) is 46.6 Å². The van der Waals surface area contributed by atoms with E-state index in [4.69, 9.17) is 11.2 Å². The molecule has 1 unspecified atom stereocenters. The van der Waals surface area contributed by atoms with E-state index in [9.17, 15) is 30.5 Å². The molecule has 0 saturated carbocycles. The lowest BCUT2D eigenvalue weighted by atomic mass is 10.1. The molecule has 7 nitrogen and oxygen atoms in total. The number of aryl methyl sites for hydroxylation is 4. The van der Waals surface area contributed by atoms with Crippen molar-refractivity contribution in [2.75, 3.05) is 30.5 Å². The summed E-state index contributed by atoms with van der Waals surface area (Å²) < 4.78 is 80.1. The highest BCUT2D eigenvalue weighted by atomic mass is 32.8. The number of hydrogen-bond acceptors (Lipinski definition) is 6. The van der Waals surface area contributed by atoms with E-state index in [1.807, 2.05) is 6.26 Å². The highest BCUT2D eigenvalue weighted by Crippen LogP contribution is 2.47. The van der Waals surface area contributed by atoms with Crippen LogP contribution in [0.1, 0.15) is 22.3 Å². The van der Waals surface area contributed by atoms with E-state index in [-0.39, 0.29) is 44.4 Å². The van der Waals surface area contributed by atoms with Crippen LogP contribution in [0.3, 0.4) is 0 Å². The fourth-order valence-corrected chi connectivity index (χ4v) is 10.1. The van der Waals surface area contributed by atoms with E-state index >= 15 is 0 Å². The maximum atomic E-state index is 13.9. The summed E-state index contributed by atoms with van der Waals surface area (Å²) in [6, 6.07) is 9.15. The van der Waals surface area contributed by atoms with Crippen molar-refractivity contribution in [1.82, 2.24) is 0 Å². The summed E-state index contributed by atoms with van der Waals surface area (Å²) in [4.78, 5) is -0.406. The smallest absolute Gasteiger partial charge is 0.294 e. The Balaban J connectivity index is 2.34. The molecule has 12 heteroatoms. The highest BCUT2D eigenvalue weighted by molar-refractivity contribution is 8.28.